The van der Waals surface area contributed by atoms with Gasteiger partial charge in [0, 0.05) is 31.2 Å². The van der Waals surface area contributed by atoms with Gasteiger partial charge in [0.15, 0.2) is 5.65 Å². The number of fused-ring (bicyclic) bond motifs is 1. The normalized spacial score (nSPS) is 17.6. The third kappa shape index (κ3) is 2.76. The Morgan fingerprint density at radius 1 is 1.25 bits per heavy atom. The topological polar surface area (TPSA) is 58.9 Å². The summed E-state index contributed by atoms with van der Waals surface area (Å²) in [6, 6.07) is 5.91. The molecule has 6 nitrogen and oxygen atoms in total. The van der Waals surface area contributed by atoms with Crippen molar-refractivity contribution in [1.82, 2.24) is 19.7 Å². The van der Waals surface area contributed by atoms with Gasteiger partial charge in [0.1, 0.15) is 12.1 Å². The average molecular weight is 363 g/mol. The van der Waals surface area contributed by atoms with Crippen LogP contribution >= 0.6 is 23.2 Å². The molecular weight excluding hydrogens is 347 g/mol. The Morgan fingerprint density at radius 3 is 2.96 bits per heavy atom. The van der Waals surface area contributed by atoms with Gasteiger partial charge in [-0.05, 0) is 24.6 Å². The minimum absolute atomic E-state index is 0.287. The number of hydrogen-bond donors (Lipinski definition) is 1. The van der Waals surface area contributed by atoms with Crippen LogP contribution in [0.4, 0.5) is 11.5 Å². The predicted octanol–water partition coefficient (Wildman–Crippen LogP) is 3.36. The lowest BCUT2D eigenvalue weighted by Gasteiger charge is -2.20. The molecule has 1 aliphatic heterocycles. The van der Waals surface area contributed by atoms with Crippen molar-refractivity contribution in [2.24, 2.45) is 7.05 Å². The van der Waals surface area contributed by atoms with Gasteiger partial charge in [-0.3, -0.25) is 4.68 Å². The van der Waals surface area contributed by atoms with E-state index in [1.165, 1.54) is 0 Å². The summed E-state index contributed by atoms with van der Waals surface area (Å²) < 4.78 is 1.75. The molecule has 1 atom stereocenters. The number of halogens is 2. The van der Waals surface area contributed by atoms with E-state index in [4.69, 9.17) is 23.2 Å². The first-order chi connectivity index (χ1) is 11.6. The summed E-state index contributed by atoms with van der Waals surface area (Å²) in [5.74, 6) is 0.821. The molecule has 124 valence electrons. The number of anilines is 2. The van der Waals surface area contributed by atoms with E-state index < -0.39 is 0 Å². The molecule has 1 aromatic carbocycles. The molecule has 2 aromatic heterocycles. The molecule has 0 spiro atoms. The highest BCUT2D eigenvalue weighted by Gasteiger charge is 2.25. The van der Waals surface area contributed by atoms with Crippen LogP contribution in [-0.4, -0.2) is 38.9 Å². The summed E-state index contributed by atoms with van der Waals surface area (Å²) in [7, 11) is 1.87. The molecule has 8 heteroatoms. The van der Waals surface area contributed by atoms with Crippen LogP contribution in [0.15, 0.2) is 30.7 Å². The maximum absolute atomic E-state index is 6.32. The highest BCUT2D eigenvalue weighted by Crippen LogP contribution is 2.32. The number of aromatic nitrogens is 4. The van der Waals surface area contributed by atoms with Gasteiger partial charge in [-0.15, -0.1) is 0 Å². The Kier molecular flexibility index (Phi) is 3.94. The first-order valence-corrected chi connectivity index (χ1v) is 8.46. The number of rotatable bonds is 3. The lowest BCUT2D eigenvalue weighted by atomic mass is 10.2. The van der Waals surface area contributed by atoms with Gasteiger partial charge < -0.3 is 10.2 Å². The van der Waals surface area contributed by atoms with Crippen LogP contribution in [0.3, 0.4) is 0 Å². The van der Waals surface area contributed by atoms with E-state index >= 15 is 0 Å². The van der Waals surface area contributed by atoms with E-state index in [0.29, 0.717) is 10.0 Å². The summed E-state index contributed by atoms with van der Waals surface area (Å²) in [6.07, 6.45) is 4.36. The van der Waals surface area contributed by atoms with Gasteiger partial charge in [0.05, 0.1) is 22.3 Å². The van der Waals surface area contributed by atoms with E-state index in [-0.39, 0.29) is 6.04 Å². The van der Waals surface area contributed by atoms with Crippen LogP contribution in [0, 0.1) is 0 Å². The van der Waals surface area contributed by atoms with Crippen LogP contribution in [0.1, 0.15) is 6.42 Å². The molecule has 0 radical (unpaired) electrons. The number of aryl methyl sites for hydroxylation is 1. The van der Waals surface area contributed by atoms with E-state index in [0.717, 1.165) is 42.0 Å². The van der Waals surface area contributed by atoms with Crippen molar-refractivity contribution in [2.45, 2.75) is 12.5 Å². The molecule has 1 fully saturated rings. The second-order valence-electron chi connectivity index (χ2n) is 5.90. The fourth-order valence-electron chi connectivity index (χ4n) is 3.11. The van der Waals surface area contributed by atoms with Crippen molar-refractivity contribution >= 4 is 45.7 Å². The van der Waals surface area contributed by atoms with Gasteiger partial charge in [-0.2, -0.15) is 5.10 Å². The van der Waals surface area contributed by atoms with E-state index in [1.807, 2.05) is 19.2 Å². The quantitative estimate of drug-likeness (QED) is 0.773. The summed E-state index contributed by atoms with van der Waals surface area (Å²) in [5, 5.41) is 10.0. The zero-order valence-electron chi connectivity index (χ0n) is 13.1. The molecule has 3 heterocycles. The SMILES string of the molecule is Cn1ncc2c(NC3CCN(c4ccc(Cl)cc4Cl)C3)ncnc21. The maximum atomic E-state index is 6.32. The molecule has 4 rings (SSSR count). The van der Waals surface area contributed by atoms with Crippen molar-refractivity contribution in [2.75, 3.05) is 23.3 Å². The van der Waals surface area contributed by atoms with E-state index in [2.05, 4.69) is 25.3 Å². The number of nitrogens with one attached hydrogen (secondary N) is 1. The first kappa shape index (κ1) is 15.5. The molecule has 1 N–H and O–H groups in total. The third-order valence-corrected chi connectivity index (χ3v) is 4.85. The Morgan fingerprint density at radius 2 is 2.12 bits per heavy atom. The Labute approximate surface area is 149 Å². The highest BCUT2D eigenvalue weighted by molar-refractivity contribution is 6.36. The van der Waals surface area contributed by atoms with E-state index in [1.54, 1.807) is 23.3 Å². The zero-order valence-corrected chi connectivity index (χ0v) is 14.6. The maximum Gasteiger partial charge on any atom is 0.163 e. The smallest absolute Gasteiger partial charge is 0.163 e. The van der Waals surface area contributed by atoms with Gasteiger partial charge >= 0.3 is 0 Å². The van der Waals surface area contributed by atoms with Crippen molar-refractivity contribution < 1.29 is 0 Å². The van der Waals surface area contributed by atoms with E-state index in [9.17, 15) is 0 Å². The Balaban J connectivity index is 1.52. The largest absolute Gasteiger partial charge is 0.368 e. The average Bonchev–Trinajstić information content (AvgIpc) is 3.16. The Bertz CT molecular complexity index is 893. The summed E-state index contributed by atoms with van der Waals surface area (Å²) in [6.45, 7) is 1.79. The molecular formula is C16H16Cl2N6. The van der Waals surface area contributed by atoms with Crippen LogP contribution in [0.2, 0.25) is 10.0 Å². The van der Waals surface area contributed by atoms with Crippen LogP contribution < -0.4 is 10.2 Å². The summed E-state index contributed by atoms with van der Waals surface area (Å²) in [5.41, 5.74) is 1.84. The fourth-order valence-corrected chi connectivity index (χ4v) is 3.63. The highest BCUT2D eigenvalue weighted by atomic mass is 35.5. The monoisotopic (exact) mass is 362 g/mol. The zero-order chi connectivity index (χ0) is 16.7. The molecule has 24 heavy (non-hydrogen) atoms. The summed E-state index contributed by atoms with van der Waals surface area (Å²) >= 11 is 12.3. The lowest BCUT2D eigenvalue weighted by Crippen LogP contribution is -2.26. The second kappa shape index (κ2) is 6.11. The van der Waals surface area contributed by atoms with Crippen LogP contribution in [0.25, 0.3) is 11.0 Å². The minimum Gasteiger partial charge on any atom is -0.368 e. The number of benzene rings is 1. The third-order valence-electron chi connectivity index (χ3n) is 4.31. The molecule has 1 aliphatic rings. The van der Waals surface area contributed by atoms with Gasteiger partial charge in [0.2, 0.25) is 0 Å². The van der Waals surface area contributed by atoms with Crippen LogP contribution in [-0.2, 0) is 7.05 Å². The Hall–Kier alpha value is -2.05. The second-order valence-corrected chi connectivity index (χ2v) is 6.74. The first-order valence-electron chi connectivity index (χ1n) is 7.71. The molecule has 0 bridgehead atoms. The molecule has 1 saturated heterocycles. The molecule has 1 unspecified atom stereocenters. The number of hydrogen-bond acceptors (Lipinski definition) is 5. The summed E-state index contributed by atoms with van der Waals surface area (Å²) in [4.78, 5) is 10.9. The molecule has 3 aromatic rings. The molecule has 0 aliphatic carbocycles. The molecule has 0 amide bonds. The van der Waals surface area contributed by atoms with Gasteiger partial charge in [-0.25, -0.2) is 9.97 Å². The van der Waals surface area contributed by atoms with Crippen molar-refractivity contribution in [3.63, 3.8) is 0 Å². The van der Waals surface area contributed by atoms with Crippen molar-refractivity contribution in [3.8, 4) is 0 Å². The van der Waals surface area contributed by atoms with Crippen molar-refractivity contribution in [3.05, 3.63) is 40.8 Å². The number of nitrogens with zero attached hydrogens (tertiary/aromatic N) is 5. The lowest BCUT2D eigenvalue weighted by molar-refractivity contribution is 0.784. The van der Waals surface area contributed by atoms with Gasteiger partial charge in [0.25, 0.3) is 0 Å². The fraction of sp³-hybridized carbons (Fsp3) is 0.312. The minimum atomic E-state index is 0.287. The predicted molar refractivity (Wildman–Crippen MR) is 97.0 cm³/mol. The standard InChI is InChI=1S/C16H16Cl2N6/c1-23-16-12(7-21-23)15(19-9-20-16)22-11-4-5-24(8-11)14-3-2-10(17)6-13(14)18/h2-3,6-7,9,11H,4-5,8H2,1H3,(H,19,20,22). The van der Waals surface area contributed by atoms with Gasteiger partial charge in [-0.1, -0.05) is 23.2 Å². The molecule has 0 saturated carbocycles. The van der Waals surface area contributed by atoms with Crippen molar-refractivity contribution in [1.29, 1.82) is 0 Å². The van der Waals surface area contributed by atoms with Crippen LogP contribution in [0.5, 0.6) is 0 Å².